The van der Waals surface area contributed by atoms with Gasteiger partial charge in [-0.3, -0.25) is 4.98 Å². The lowest BCUT2D eigenvalue weighted by molar-refractivity contribution is 0.467. The smallest absolute Gasteiger partial charge is 0.0446 e. The lowest BCUT2D eigenvalue weighted by Crippen LogP contribution is -2.27. The standard InChI is InChI=1S/C11H13Br2N/c12-9-5-3-4-8(11(9)13)10-6-1-2-7-14-10/h1-2,6-9,11H,3-5H2. The summed E-state index contributed by atoms with van der Waals surface area (Å²) >= 11 is 7.49. The first-order chi connectivity index (χ1) is 6.79. The molecule has 0 N–H and O–H groups in total. The average Bonchev–Trinajstić information content (AvgIpc) is 2.23. The third kappa shape index (κ3) is 2.19. The van der Waals surface area contributed by atoms with E-state index in [2.05, 4.69) is 49.0 Å². The van der Waals surface area contributed by atoms with Crippen LogP contribution in [0.25, 0.3) is 0 Å². The molecule has 0 aliphatic heterocycles. The van der Waals surface area contributed by atoms with Gasteiger partial charge in [0.05, 0.1) is 0 Å². The van der Waals surface area contributed by atoms with Gasteiger partial charge in [0.15, 0.2) is 0 Å². The molecule has 0 saturated heterocycles. The molecule has 0 amide bonds. The van der Waals surface area contributed by atoms with Crippen LogP contribution < -0.4 is 0 Å². The molecule has 2 rings (SSSR count). The summed E-state index contributed by atoms with van der Waals surface area (Å²) < 4.78 is 0. The number of rotatable bonds is 1. The summed E-state index contributed by atoms with van der Waals surface area (Å²) in [5.74, 6) is 0.564. The molecule has 0 aromatic carbocycles. The van der Waals surface area contributed by atoms with Crippen LogP contribution in [0.3, 0.4) is 0 Å². The van der Waals surface area contributed by atoms with Gasteiger partial charge < -0.3 is 0 Å². The molecule has 0 spiro atoms. The monoisotopic (exact) mass is 317 g/mol. The van der Waals surface area contributed by atoms with E-state index in [1.165, 1.54) is 25.0 Å². The van der Waals surface area contributed by atoms with Crippen LogP contribution in [0.4, 0.5) is 0 Å². The molecular formula is C11H13Br2N. The molecule has 1 aliphatic rings. The Balaban J connectivity index is 2.17. The lowest BCUT2D eigenvalue weighted by atomic mass is 9.86. The average molecular weight is 319 g/mol. The van der Waals surface area contributed by atoms with E-state index in [4.69, 9.17) is 0 Å². The molecule has 1 heterocycles. The Hall–Kier alpha value is 0.110. The molecule has 1 aromatic heterocycles. The molecule has 1 aliphatic carbocycles. The summed E-state index contributed by atoms with van der Waals surface area (Å²) in [6, 6.07) is 6.17. The summed E-state index contributed by atoms with van der Waals surface area (Å²) in [5, 5.41) is 0. The van der Waals surface area contributed by atoms with E-state index in [9.17, 15) is 0 Å². The first kappa shape index (κ1) is 10.6. The number of aromatic nitrogens is 1. The zero-order valence-corrected chi connectivity index (χ0v) is 11.0. The van der Waals surface area contributed by atoms with Crippen LogP contribution in [0.15, 0.2) is 24.4 Å². The Kier molecular flexibility index (Phi) is 3.61. The number of halogens is 2. The van der Waals surface area contributed by atoms with Crippen molar-refractivity contribution < 1.29 is 0 Å². The van der Waals surface area contributed by atoms with Crippen molar-refractivity contribution in [1.82, 2.24) is 4.98 Å². The lowest BCUT2D eigenvalue weighted by Gasteiger charge is -2.31. The molecule has 76 valence electrons. The maximum Gasteiger partial charge on any atom is 0.0446 e. The maximum atomic E-state index is 4.44. The van der Waals surface area contributed by atoms with Crippen molar-refractivity contribution in [2.75, 3.05) is 0 Å². The zero-order chi connectivity index (χ0) is 9.97. The predicted octanol–water partition coefficient (Wildman–Crippen LogP) is 3.88. The fourth-order valence-corrected chi connectivity index (χ4v) is 3.50. The van der Waals surface area contributed by atoms with E-state index in [1.807, 2.05) is 12.3 Å². The van der Waals surface area contributed by atoms with Gasteiger partial charge in [-0.15, -0.1) is 0 Å². The molecule has 1 aromatic rings. The highest BCUT2D eigenvalue weighted by Crippen LogP contribution is 2.39. The molecule has 1 nitrogen and oxygen atoms in total. The number of hydrogen-bond acceptors (Lipinski definition) is 1. The summed E-state index contributed by atoms with van der Waals surface area (Å²) in [7, 11) is 0. The topological polar surface area (TPSA) is 12.9 Å². The molecule has 3 unspecified atom stereocenters. The Bertz CT molecular complexity index is 289. The minimum absolute atomic E-state index is 0.520. The van der Waals surface area contributed by atoms with E-state index in [1.54, 1.807) is 0 Å². The number of alkyl halides is 2. The van der Waals surface area contributed by atoms with Gasteiger partial charge in [0.25, 0.3) is 0 Å². The van der Waals surface area contributed by atoms with Crippen molar-refractivity contribution in [3.63, 3.8) is 0 Å². The first-order valence-electron chi connectivity index (χ1n) is 4.98. The van der Waals surface area contributed by atoms with E-state index < -0.39 is 0 Å². The Morgan fingerprint density at radius 1 is 1.21 bits per heavy atom. The summed E-state index contributed by atoms with van der Waals surface area (Å²) in [6.07, 6.45) is 5.68. The molecule has 14 heavy (non-hydrogen) atoms. The second-order valence-corrected chi connectivity index (χ2v) is 5.99. The van der Waals surface area contributed by atoms with Crippen LogP contribution in [-0.2, 0) is 0 Å². The van der Waals surface area contributed by atoms with Crippen LogP contribution in [-0.4, -0.2) is 14.6 Å². The number of pyridine rings is 1. The second-order valence-electron chi connectivity index (χ2n) is 3.75. The minimum Gasteiger partial charge on any atom is -0.261 e. The van der Waals surface area contributed by atoms with Crippen molar-refractivity contribution in [2.24, 2.45) is 0 Å². The van der Waals surface area contributed by atoms with Gasteiger partial charge in [0, 0.05) is 27.5 Å². The normalized spacial score (nSPS) is 32.9. The third-order valence-electron chi connectivity index (χ3n) is 2.79. The van der Waals surface area contributed by atoms with Crippen LogP contribution in [0.1, 0.15) is 30.9 Å². The van der Waals surface area contributed by atoms with Gasteiger partial charge in [-0.25, -0.2) is 0 Å². The van der Waals surface area contributed by atoms with Gasteiger partial charge in [0.2, 0.25) is 0 Å². The Morgan fingerprint density at radius 3 is 2.79 bits per heavy atom. The van der Waals surface area contributed by atoms with Crippen molar-refractivity contribution in [2.45, 2.75) is 34.8 Å². The van der Waals surface area contributed by atoms with Gasteiger partial charge >= 0.3 is 0 Å². The Morgan fingerprint density at radius 2 is 2.07 bits per heavy atom. The van der Waals surface area contributed by atoms with Crippen LogP contribution >= 0.6 is 31.9 Å². The highest BCUT2D eigenvalue weighted by atomic mass is 79.9. The van der Waals surface area contributed by atoms with E-state index in [0.717, 1.165) is 0 Å². The van der Waals surface area contributed by atoms with Crippen LogP contribution in [0.2, 0.25) is 0 Å². The predicted molar refractivity (Wildman–Crippen MR) is 66.3 cm³/mol. The van der Waals surface area contributed by atoms with E-state index in [0.29, 0.717) is 15.6 Å². The fourth-order valence-electron chi connectivity index (χ4n) is 2.01. The molecule has 3 atom stereocenters. The minimum atomic E-state index is 0.520. The fraction of sp³-hybridized carbons (Fsp3) is 0.545. The van der Waals surface area contributed by atoms with Crippen LogP contribution in [0, 0.1) is 0 Å². The Labute approximate surface area is 102 Å². The molecule has 0 bridgehead atoms. The third-order valence-corrected chi connectivity index (χ3v) is 5.81. The highest BCUT2D eigenvalue weighted by Gasteiger charge is 2.31. The van der Waals surface area contributed by atoms with Crippen molar-refractivity contribution in [3.05, 3.63) is 30.1 Å². The van der Waals surface area contributed by atoms with Crippen LogP contribution in [0.5, 0.6) is 0 Å². The highest BCUT2D eigenvalue weighted by molar-refractivity contribution is 9.12. The van der Waals surface area contributed by atoms with E-state index >= 15 is 0 Å². The largest absolute Gasteiger partial charge is 0.261 e. The van der Waals surface area contributed by atoms with Gasteiger partial charge in [-0.05, 0) is 25.0 Å². The van der Waals surface area contributed by atoms with Crippen molar-refractivity contribution in [1.29, 1.82) is 0 Å². The van der Waals surface area contributed by atoms with Gasteiger partial charge in [-0.2, -0.15) is 0 Å². The van der Waals surface area contributed by atoms with Crippen molar-refractivity contribution >= 4 is 31.9 Å². The summed E-state index contributed by atoms with van der Waals surface area (Å²) in [4.78, 5) is 5.54. The molecule has 1 saturated carbocycles. The maximum absolute atomic E-state index is 4.44. The second kappa shape index (κ2) is 4.75. The quantitative estimate of drug-likeness (QED) is 0.716. The summed E-state index contributed by atoms with van der Waals surface area (Å²) in [6.45, 7) is 0. The van der Waals surface area contributed by atoms with Gasteiger partial charge in [0.1, 0.15) is 0 Å². The molecule has 1 fully saturated rings. The number of hydrogen-bond donors (Lipinski definition) is 0. The molecular weight excluding hydrogens is 306 g/mol. The molecule has 3 heteroatoms. The summed E-state index contributed by atoms with van der Waals surface area (Å²) in [5.41, 5.74) is 1.22. The zero-order valence-electron chi connectivity index (χ0n) is 7.87. The first-order valence-corrected chi connectivity index (χ1v) is 6.81. The number of nitrogens with zero attached hydrogens (tertiary/aromatic N) is 1. The van der Waals surface area contributed by atoms with E-state index in [-0.39, 0.29) is 0 Å². The van der Waals surface area contributed by atoms with Gasteiger partial charge in [-0.1, -0.05) is 44.3 Å². The SMILES string of the molecule is BrC1CCCC(c2ccccn2)C1Br. The van der Waals surface area contributed by atoms with Crippen molar-refractivity contribution in [3.8, 4) is 0 Å². The molecule has 0 radical (unpaired) electrons.